The van der Waals surface area contributed by atoms with E-state index in [2.05, 4.69) is 5.10 Å². The molecular formula is C14H11F3N2O. The van der Waals surface area contributed by atoms with Crippen LogP contribution in [0, 0.1) is 17.5 Å². The third kappa shape index (κ3) is 3.28. The number of ether oxygens (including phenoxy) is 1. The molecule has 20 heavy (non-hydrogen) atoms. The minimum absolute atomic E-state index is 0.0390. The lowest BCUT2D eigenvalue weighted by molar-refractivity contribution is 0.284. The van der Waals surface area contributed by atoms with Crippen LogP contribution >= 0.6 is 0 Å². The van der Waals surface area contributed by atoms with E-state index in [1.807, 2.05) is 0 Å². The summed E-state index contributed by atoms with van der Waals surface area (Å²) in [5, 5.41) is 3.27. The van der Waals surface area contributed by atoms with Crippen LogP contribution in [0.4, 0.5) is 13.2 Å². The van der Waals surface area contributed by atoms with E-state index < -0.39 is 17.5 Å². The largest absolute Gasteiger partial charge is 0.486 e. The van der Waals surface area contributed by atoms with Gasteiger partial charge in [0.2, 0.25) is 0 Å². The molecule has 0 amide bonds. The van der Waals surface area contributed by atoms with Crippen molar-refractivity contribution in [1.82, 2.24) is 0 Å². The normalized spacial score (nSPS) is 10.9. The number of halogens is 3. The molecule has 0 saturated heterocycles. The summed E-state index contributed by atoms with van der Waals surface area (Å²) in [5.41, 5.74) is 0.615. The zero-order chi connectivity index (χ0) is 14.5. The lowest BCUT2D eigenvalue weighted by atomic mass is 10.2. The SMILES string of the molecule is NN=Cc1ccc(OCc2ccc(F)cc2F)c(F)c1. The van der Waals surface area contributed by atoms with Crippen molar-refractivity contribution in [2.24, 2.45) is 10.9 Å². The number of hydrogen-bond donors (Lipinski definition) is 1. The molecule has 3 nitrogen and oxygen atoms in total. The first-order valence-electron chi connectivity index (χ1n) is 5.69. The molecule has 0 aliphatic heterocycles. The fourth-order valence-corrected chi connectivity index (χ4v) is 1.59. The van der Waals surface area contributed by atoms with Crippen molar-refractivity contribution in [1.29, 1.82) is 0 Å². The van der Waals surface area contributed by atoms with Crippen LogP contribution in [0.25, 0.3) is 0 Å². The fourth-order valence-electron chi connectivity index (χ4n) is 1.59. The van der Waals surface area contributed by atoms with Gasteiger partial charge in [-0.3, -0.25) is 0 Å². The van der Waals surface area contributed by atoms with Gasteiger partial charge in [0.05, 0.1) is 6.21 Å². The molecule has 2 aromatic carbocycles. The summed E-state index contributed by atoms with van der Waals surface area (Å²) in [6.45, 7) is -0.201. The predicted molar refractivity (Wildman–Crippen MR) is 68.9 cm³/mol. The van der Waals surface area contributed by atoms with E-state index in [9.17, 15) is 13.2 Å². The predicted octanol–water partition coefficient (Wildman–Crippen LogP) is 2.98. The Balaban J connectivity index is 2.11. The van der Waals surface area contributed by atoms with Crippen molar-refractivity contribution in [3.8, 4) is 5.75 Å². The lowest BCUT2D eigenvalue weighted by Crippen LogP contribution is -2.01. The Morgan fingerprint density at radius 3 is 2.50 bits per heavy atom. The molecule has 0 saturated carbocycles. The molecule has 0 unspecified atom stereocenters. The molecule has 0 aromatic heterocycles. The van der Waals surface area contributed by atoms with E-state index in [0.29, 0.717) is 5.56 Å². The van der Waals surface area contributed by atoms with Crippen LogP contribution in [0.15, 0.2) is 41.5 Å². The number of nitrogens with zero attached hydrogens (tertiary/aromatic N) is 1. The van der Waals surface area contributed by atoms with Gasteiger partial charge < -0.3 is 10.6 Å². The summed E-state index contributed by atoms with van der Waals surface area (Å²) in [7, 11) is 0. The molecule has 0 heterocycles. The van der Waals surface area contributed by atoms with Crippen molar-refractivity contribution in [3.05, 3.63) is 65.0 Å². The van der Waals surface area contributed by atoms with E-state index >= 15 is 0 Å². The highest BCUT2D eigenvalue weighted by Crippen LogP contribution is 2.20. The monoisotopic (exact) mass is 280 g/mol. The summed E-state index contributed by atoms with van der Waals surface area (Å²) in [6, 6.07) is 7.23. The van der Waals surface area contributed by atoms with Crippen molar-refractivity contribution >= 4 is 6.21 Å². The minimum atomic E-state index is -0.739. The zero-order valence-electron chi connectivity index (χ0n) is 10.3. The van der Waals surface area contributed by atoms with Gasteiger partial charge in [-0.25, -0.2) is 13.2 Å². The molecule has 2 aromatic rings. The number of hydrogen-bond acceptors (Lipinski definition) is 3. The standard InChI is InChI=1S/C14H11F3N2O/c15-11-3-2-10(12(16)6-11)8-20-14-4-1-9(7-19-18)5-13(14)17/h1-7H,8,18H2. The summed E-state index contributed by atoms with van der Waals surface area (Å²) < 4.78 is 44.9. The second kappa shape index (κ2) is 6.10. The molecule has 0 atom stereocenters. The maximum absolute atomic E-state index is 13.7. The molecule has 2 rings (SSSR count). The van der Waals surface area contributed by atoms with Gasteiger partial charge in [-0.05, 0) is 35.9 Å². The quantitative estimate of drug-likeness (QED) is 0.531. The van der Waals surface area contributed by atoms with Crippen LogP contribution in [-0.4, -0.2) is 6.21 Å². The molecule has 0 aliphatic rings. The Morgan fingerprint density at radius 2 is 1.85 bits per heavy atom. The van der Waals surface area contributed by atoms with Crippen molar-refractivity contribution in [2.75, 3.05) is 0 Å². The van der Waals surface area contributed by atoms with Crippen LogP contribution < -0.4 is 10.6 Å². The van der Waals surface area contributed by atoms with E-state index in [4.69, 9.17) is 10.6 Å². The highest BCUT2D eigenvalue weighted by molar-refractivity contribution is 5.79. The van der Waals surface area contributed by atoms with Gasteiger partial charge in [0.1, 0.15) is 18.2 Å². The molecule has 2 N–H and O–H groups in total. The zero-order valence-corrected chi connectivity index (χ0v) is 10.3. The first-order valence-corrected chi connectivity index (χ1v) is 5.69. The smallest absolute Gasteiger partial charge is 0.165 e. The van der Waals surface area contributed by atoms with Crippen LogP contribution in [0.2, 0.25) is 0 Å². The maximum Gasteiger partial charge on any atom is 0.165 e. The first-order chi connectivity index (χ1) is 9.60. The number of benzene rings is 2. The van der Waals surface area contributed by atoms with Gasteiger partial charge in [-0.2, -0.15) is 5.10 Å². The van der Waals surface area contributed by atoms with Gasteiger partial charge in [0.15, 0.2) is 11.6 Å². The van der Waals surface area contributed by atoms with Crippen LogP contribution in [0.3, 0.4) is 0 Å². The van der Waals surface area contributed by atoms with Gasteiger partial charge in [0, 0.05) is 11.6 Å². The molecule has 0 aliphatic carbocycles. The average Bonchev–Trinajstić information content (AvgIpc) is 2.40. The lowest BCUT2D eigenvalue weighted by Gasteiger charge is -2.08. The highest BCUT2D eigenvalue weighted by atomic mass is 19.1. The minimum Gasteiger partial charge on any atom is -0.486 e. The van der Waals surface area contributed by atoms with Gasteiger partial charge >= 0.3 is 0 Å². The third-order valence-electron chi connectivity index (χ3n) is 2.58. The Labute approximate surface area is 113 Å². The average molecular weight is 280 g/mol. The Kier molecular flexibility index (Phi) is 4.24. The van der Waals surface area contributed by atoms with Crippen molar-refractivity contribution in [2.45, 2.75) is 6.61 Å². The molecule has 0 radical (unpaired) electrons. The topological polar surface area (TPSA) is 47.6 Å². The molecule has 104 valence electrons. The van der Waals surface area contributed by atoms with Gasteiger partial charge in [-0.1, -0.05) is 0 Å². The van der Waals surface area contributed by atoms with E-state index in [-0.39, 0.29) is 17.9 Å². The van der Waals surface area contributed by atoms with Crippen molar-refractivity contribution in [3.63, 3.8) is 0 Å². The van der Waals surface area contributed by atoms with E-state index in [1.54, 1.807) is 6.07 Å². The molecule has 0 spiro atoms. The first kappa shape index (κ1) is 13.9. The van der Waals surface area contributed by atoms with Gasteiger partial charge in [0.25, 0.3) is 0 Å². The molecule has 6 heteroatoms. The van der Waals surface area contributed by atoms with Crippen LogP contribution in [0.5, 0.6) is 5.75 Å². The molecule has 0 fully saturated rings. The Morgan fingerprint density at radius 1 is 1.05 bits per heavy atom. The van der Waals surface area contributed by atoms with E-state index in [1.165, 1.54) is 24.4 Å². The van der Waals surface area contributed by atoms with E-state index in [0.717, 1.165) is 12.1 Å². The second-order valence-electron chi connectivity index (χ2n) is 3.99. The van der Waals surface area contributed by atoms with Gasteiger partial charge in [-0.15, -0.1) is 0 Å². The number of nitrogens with two attached hydrogens (primary N) is 1. The Hall–Kier alpha value is -2.50. The third-order valence-corrected chi connectivity index (χ3v) is 2.58. The molecule has 0 bridgehead atoms. The second-order valence-corrected chi connectivity index (χ2v) is 3.99. The summed E-state index contributed by atoms with van der Waals surface area (Å²) in [4.78, 5) is 0. The summed E-state index contributed by atoms with van der Waals surface area (Å²) >= 11 is 0. The highest BCUT2D eigenvalue weighted by Gasteiger charge is 2.08. The van der Waals surface area contributed by atoms with Crippen molar-refractivity contribution < 1.29 is 17.9 Å². The van der Waals surface area contributed by atoms with Crippen LogP contribution in [-0.2, 0) is 6.61 Å². The summed E-state index contributed by atoms with van der Waals surface area (Å²) in [6.07, 6.45) is 1.28. The number of rotatable bonds is 4. The van der Waals surface area contributed by atoms with Crippen LogP contribution in [0.1, 0.15) is 11.1 Å². The maximum atomic E-state index is 13.7. The molecular weight excluding hydrogens is 269 g/mol. The fraction of sp³-hybridized carbons (Fsp3) is 0.0714. The summed E-state index contributed by atoms with van der Waals surface area (Å²) in [5.74, 6) is 2.88. The Bertz CT molecular complexity index is 644. The number of hydrazone groups is 1.